The third-order valence-corrected chi connectivity index (χ3v) is 3.25. The van der Waals surface area contributed by atoms with E-state index in [2.05, 4.69) is 6.92 Å². The lowest BCUT2D eigenvalue weighted by Crippen LogP contribution is -1.98. The van der Waals surface area contributed by atoms with Gasteiger partial charge in [-0.15, -0.1) is 0 Å². The first-order valence-corrected chi connectivity index (χ1v) is 6.56. The second-order valence-electron chi connectivity index (χ2n) is 4.76. The van der Waals surface area contributed by atoms with Crippen molar-refractivity contribution in [2.45, 2.75) is 26.2 Å². The first-order chi connectivity index (χ1) is 9.52. The molecule has 2 aromatic rings. The molecule has 4 N–H and O–H groups in total. The summed E-state index contributed by atoms with van der Waals surface area (Å²) in [6.07, 6.45) is 6.77. The van der Waals surface area contributed by atoms with E-state index in [0.29, 0.717) is 11.4 Å². The number of rotatable bonds is 5. The SMILES string of the molecule is CCCCc1cn(-c2ccc(C(=O)O)c(O)c2)cc1N. The molecule has 2 rings (SSSR count). The van der Waals surface area contributed by atoms with Crippen LogP contribution in [0.1, 0.15) is 35.7 Å². The number of unbranched alkanes of at least 4 members (excludes halogenated alkanes) is 1. The van der Waals surface area contributed by atoms with Crippen molar-refractivity contribution in [3.05, 3.63) is 41.7 Å². The Morgan fingerprint density at radius 2 is 2.10 bits per heavy atom. The Hall–Kier alpha value is -2.43. The molecular formula is C15H18N2O3. The van der Waals surface area contributed by atoms with Crippen molar-refractivity contribution in [1.82, 2.24) is 4.57 Å². The van der Waals surface area contributed by atoms with Gasteiger partial charge in [-0.1, -0.05) is 13.3 Å². The van der Waals surface area contributed by atoms with Crippen molar-refractivity contribution in [3.8, 4) is 11.4 Å². The molecular weight excluding hydrogens is 256 g/mol. The minimum Gasteiger partial charge on any atom is -0.507 e. The third kappa shape index (κ3) is 2.77. The number of nitrogens with zero attached hydrogens (tertiary/aromatic N) is 1. The molecule has 0 atom stereocenters. The molecule has 0 aliphatic rings. The highest BCUT2D eigenvalue weighted by Crippen LogP contribution is 2.24. The highest BCUT2D eigenvalue weighted by atomic mass is 16.4. The Balaban J connectivity index is 2.32. The number of benzene rings is 1. The maximum Gasteiger partial charge on any atom is 0.339 e. The number of carboxylic acid groups (broad SMARTS) is 1. The van der Waals surface area contributed by atoms with E-state index in [4.69, 9.17) is 10.8 Å². The van der Waals surface area contributed by atoms with Crippen LogP contribution in [0.3, 0.4) is 0 Å². The monoisotopic (exact) mass is 274 g/mol. The average molecular weight is 274 g/mol. The van der Waals surface area contributed by atoms with Crippen LogP contribution in [0.5, 0.6) is 5.75 Å². The smallest absolute Gasteiger partial charge is 0.339 e. The standard InChI is InChI=1S/C15H18N2O3/c1-2-3-4-10-8-17(9-13(10)16)11-5-6-12(15(19)20)14(18)7-11/h5-9,18H,2-4,16H2,1H3,(H,19,20). The summed E-state index contributed by atoms with van der Waals surface area (Å²) in [5.74, 6) is -1.40. The van der Waals surface area contributed by atoms with Crippen LogP contribution in [0.15, 0.2) is 30.6 Å². The minimum absolute atomic E-state index is 0.111. The summed E-state index contributed by atoms with van der Waals surface area (Å²) >= 11 is 0. The van der Waals surface area contributed by atoms with Crippen molar-refractivity contribution in [3.63, 3.8) is 0 Å². The zero-order chi connectivity index (χ0) is 14.7. The minimum atomic E-state index is -1.15. The number of aromatic hydroxyl groups is 1. The first kappa shape index (κ1) is 14.0. The molecule has 0 unspecified atom stereocenters. The number of anilines is 1. The number of hydrogen-bond acceptors (Lipinski definition) is 3. The van der Waals surface area contributed by atoms with E-state index in [1.54, 1.807) is 16.8 Å². The molecule has 5 heteroatoms. The quantitative estimate of drug-likeness (QED) is 0.782. The fourth-order valence-corrected chi connectivity index (χ4v) is 2.10. The summed E-state index contributed by atoms with van der Waals surface area (Å²) in [6.45, 7) is 2.12. The topological polar surface area (TPSA) is 88.5 Å². The second kappa shape index (κ2) is 5.69. The maximum absolute atomic E-state index is 10.9. The Morgan fingerprint density at radius 3 is 2.70 bits per heavy atom. The maximum atomic E-state index is 10.9. The van der Waals surface area contributed by atoms with E-state index in [0.717, 1.165) is 24.8 Å². The van der Waals surface area contributed by atoms with Gasteiger partial charge >= 0.3 is 5.97 Å². The van der Waals surface area contributed by atoms with Gasteiger partial charge in [0.15, 0.2) is 0 Å². The number of carbonyl (C=O) groups is 1. The Bertz CT molecular complexity index is 632. The Labute approximate surface area is 117 Å². The molecule has 0 aliphatic heterocycles. The van der Waals surface area contributed by atoms with Crippen molar-refractivity contribution in [2.75, 3.05) is 5.73 Å². The molecule has 5 nitrogen and oxygen atoms in total. The molecule has 106 valence electrons. The van der Waals surface area contributed by atoms with E-state index in [1.165, 1.54) is 12.1 Å². The van der Waals surface area contributed by atoms with Crippen LogP contribution in [0, 0.1) is 0 Å². The molecule has 1 aromatic carbocycles. The number of carboxylic acids is 1. The van der Waals surface area contributed by atoms with Crippen LogP contribution in [-0.2, 0) is 6.42 Å². The number of aryl methyl sites for hydroxylation is 1. The lowest BCUT2D eigenvalue weighted by Gasteiger charge is -2.05. The summed E-state index contributed by atoms with van der Waals surface area (Å²) in [7, 11) is 0. The average Bonchev–Trinajstić information content (AvgIpc) is 2.77. The Morgan fingerprint density at radius 1 is 1.35 bits per heavy atom. The van der Waals surface area contributed by atoms with E-state index in [9.17, 15) is 9.90 Å². The van der Waals surface area contributed by atoms with Crippen LogP contribution >= 0.6 is 0 Å². The van der Waals surface area contributed by atoms with Crippen LogP contribution in [0.2, 0.25) is 0 Å². The molecule has 1 aromatic heterocycles. The van der Waals surface area contributed by atoms with E-state index in [-0.39, 0.29) is 11.3 Å². The van der Waals surface area contributed by atoms with Crippen LogP contribution in [-0.4, -0.2) is 20.7 Å². The van der Waals surface area contributed by atoms with Gasteiger partial charge in [-0.05, 0) is 30.5 Å². The highest BCUT2D eigenvalue weighted by Gasteiger charge is 2.11. The molecule has 0 bridgehead atoms. The van der Waals surface area contributed by atoms with Gasteiger partial charge in [-0.3, -0.25) is 0 Å². The molecule has 20 heavy (non-hydrogen) atoms. The second-order valence-corrected chi connectivity index (χ2v) is 4.76. The molecule has 0 amide bonds. The van der Waals surface area contributed by atoms with Crippen molar-refractivity contribution >= 4 is 11.7 Å². The van der Waals surface area contributed by atoms with Crippen LogP contribution in [0.4, 0.5) is 5.69 Å². The number of phenols is 1. The highest BCUT2D eigenvalue weighted by molar-refractivity contribution is 5.91. The molecule has 0 saturated heterocycles. The molecule has 0 saturated carbocycles. The summed E-state index contributed by atoms with van der Waals surface area (Å²) in [5.41, 5.74) is 8.30. The zero-order valence-corrected chi connectivity index (χ0v) is 11.3. The summed E-state index contributed by atoms with van der Waals surface area (Å²) in [5, 5.41) is 18.6. The molecule has 0 aliphatic carbocycles. The number of nitrogens with two attached hydrogens (primary N) is 1. The molecule has 0 spiro atoms. The van der Waals surface area contributed by atoms with Crippen molar-refractivity contribution < 1.29 is 15.0 Å². The van der Waals surface area contributed by atoms with E-state index in [1.807, 2.05) is 6.20 Å². The number of aromatic nitrogens is 1. The number of nitrogen functional groups attached to an aromatic ring is 1. The molecule has 0 fully saturated rings. The predicted molar refractivity (Wildman–Crippen MR) is 77.4 cm³/mol. The molecule has 0 radical (unpaired) electrons. The van der Waals surface area contributed by atoms with Crippen molar-refractivity contribution in [1.29, 1.82) is 0 Å². The van der Waals surface area contributed by atoms with Gasteiger partial charge in [0.05, 0.1) is 5.69 Å². The predicted octanol–water partition coefficient (Wildman–Crippen LogP) is 2.81. The van der Waals surface area contributed by atoms with Gasteiger partial charge in [-0.25, -0.2) is 4.79 Å². The van der Waals surface area contributed by atoms with E-state index >= 15 is 0 Å². The zero-order valence-electron chi connectivity index (χ0n) is 11.3. The fraction of sp³-hybridized carbons (Fsp3) is 0.267. The van der Waals surface area contributed by atoms with E-state index < -0.39 is 5.97 Å². The lowest BCUT2D eigenvalue weighted by atomic mass is 10.1. The van der Waals surface area contributed by atoms with Crippen molar-refractivity contribution in [2.24, 2.45) is 0 Å². The number of hydrogen-bond donors (Lipinski definition) is 3. The number of aromatic carboxylic acids is 1. The van der Waals surface area contributed by atoms with Gasteiger partial charge in [0.25, 0.3) is 0 Å². The third-order valence-electron chi connectivity index (χ3n) is 3.25. The summed E-state index contributed by atoms with van der Waals surface area (Å²) in [6, 6.07) is 4.45. The van der Waals surface area contributed by atoms with Gasteiger partial charge < -0.3 is 20.5 Å². The van der Waals surface area contributed by atoms with Crippen LogP contribution in [0.25, 0.3) is 5.69 Å². The van der Waals surface area contributed by atoms with Crippen LogP contribution < -0.4 is 5.73 Å². The van der Waals surface area contributed by atoms with Gasteiger partial charge in [0, 0.05) is 24.1 Å². The largest absolute Gasteiger partial charge is 0.507 e. The lowest BCUT2D eigenvalue weighted by molar-refractivity contribution is 0.0694. The fourth-order valence-electron chi connectivity index (χ4n) is 2.10. The van der Waals surface area contributed by atoms with Gasteiger partial charge in [0.1, 0.15) is 11.3 Å². The summed E-state index contributed by atoms with van der Waals surface area (Å²) < 4.78 is 1.80. The molecule has 1 heterocycles. The van der Waals surface area contributed by atoms with Gasteiger partial charge in [0.2, 0.25) is 0 Å². The first-order valence-electron chi connectivity index (χ1n) is 6.56. The summed E-state index contributed by atoms with van der Waals surface area (Å²) in [4.78, 5) is 10.9. The van der Waals surface area contributed by atoms with Gasteiger partial charge in [-0.2, -0.15) is 0 Å². The normalized spacial score (nSPS) is 10.7. The Kier molecular flexibility index (Phi) is 3.98.